The van der Waals surface area contributed by atoms with Crippen molar-refractivity contribution in [2.45, 2.75) is 104 Å². The first-order chi connectivity index (χ1) is 45.9. The molecule has 2 aliphatic heterocycles. The van der Waals surface area contributed by atoms with E-state index in [-0.39, 0.29) is 75.2 Å². The summed E-state index contributed by atoms with van der Waals surface area (Å²) in [7, 11) is 3.37. The van der Waals surface area contributed by atoms with Crippen LogP contribution in [0.15, 0.2) is 142 Å². The van der Waals surface area contributed by atoms with Gasteiger partial charge in [-0.2, -0.15) is 0 Å². The van der Waals surface area contributed by atoms with E-state index >= 15 is 0 Å². The van der Waals surface area contributed by atoms with Crippen molar-refractivity contribution in [3.8, 4) is 11.5 Å². The monoisotopic (exact) mass is 1310 g/mol. The Morgan fingerprint density at radius 1 is 0.479 bits per heavy atom. The number of anilines is 2. The van der Waals surface area contributed by atoms with Crippen molar-refractivity contribution in [2.24, 2.45) is 0 Å². The van der Waals surface area contributed by atoms with E-state index in [9.17, 15) is 28.8 Å². The molecule has 11 rings (SSSR count). The van der Waals surface area contributed by atoms with E-state index in [0.717, 1.165) is 102 Å². The molecule has 0 bridgehead atoms. The molecule has 0 atom stereocenters. The third-order valence-corrected chi connectivity index (χ3v) is 19.5. The van der Waals surface area contributed by atoms with Gasteiger partial charge in [-0.15, -0.1) is 22.7 Å². The number of esters is 2. The van der Waals surface area contributed by atoms with Gasteiger partial charge in [-0.3, -0.25) is 57.7 Å². The summed E-state index contributed by atoms with van der Waals surface area (Å²) in [5.74, 6) is 0.136. The van der Waals surface area contributed by atoms with Crippen LogP contribution in [-0.4, -0.2) is 155 Å². The van der Waals surface area contributed by atoms with Gasteiger partial charge in [0, 0.05) is 148 Å². The molecule has 494 valence electrons. The lowest BCUT2D eigenvalue weighted by molar-refractivity contribution is -0.148. The van der Waals surface area contributed by atoms with Crippen LogP contribution < -0.4 is 30.4 Å². The molecular weight excluding hydrogens is 1230 g/mol. The Morgan fingerprint density at radius 2 is 0.894 bits per heavy atom. The zero-order valence-corrected chi connectivity index (χ0v) is 55.5. The van der Waals surface area contributed by atoms with Crippen LogP contribution in [0.5, 0.6) is 11.5 Å². The van der Waals surface area contributed by atoms with E-state index in [1.807, 2.05) is 36.4 Å². The lowest BCUT2D eigenvalue weighted by atomic mass is 10.2. The number of amides is 2. The Bertz CT molecular complexity index is 3890. The van der Waals surface area contributed by atoms with Crippen molar-refractivity contribution >= 4 is 99.8 Å². The number of carbonyl (C=O) groups excluding carboxylic acids is 4. The Labute approximate surface area is 555 Å². The van der Waals surface area contributed by atoms with Gasteiger partial charge in [-0.25, -0.2) is 0 Å². The summed E-state index contributed by atoms with van der Waals surface area (Å²) in [6, 6.07) is 35.2. The highest BCUT2D eigenvalue weighted by molar-refractivity contribution is 7.17. The highest BCUT2D eigenvalue weighted by Crippen LogP contribution is 2.33. The van der Waals surface area contributed by atoms with Crippen LogP contribution in [0.25, 0.3) is 42.0 Å². The van der Waals surface area contributed by atoms with Crippen LogP contribution in [0.4, 0.5) is 11.4 Å². The van der Waals surface area contributed by atoms with Gasteiger partial charge in [0.05, 0.1) is 61.1 Å². The molecule has 20 nitrogen and oxygen atoms in total. The van der Waals surface area contributed by atoms with Crippen molar-refractivity contribution in [2.75, 3.05) is 103 Å². The number of rotatable bonds is 32. The van der Waals surface area contributed by atoms with Gasteiger partial charge in [-0.05, 0) is 159 Å². The highest BCUT2D eigenvalue weighted by atomic mass is 32.1. The summed E-state index contributed by atoms with van der Waals surface area (Å²) >= 11 is 3.57. The average Bonchev–Trinajstić information content (AvgIpc) is 1.40. The van der Waals surface area contributed by atoms with Gasteiger partial charge in [-0.1, -0.05) is 12.1 Å². The molecule has 0 spiro atoms. The molecule has 0 aliphatic carbocycles. The lowest BCUT2D eigenvalue weighted by Gasteiger charge is -2.36. The second-order valence-electron chi connectivity index (χ2n) is 24.3. The lowest BCUT2D eigenvalue weighted by Crippen LogP contribution is -2.46. The van der Waals surface area contributed by atoms with Crippen molar-refractivity contribution in [1.82, 2.24) is 38.7 Å². The summed E-state index contributed by atoms with van der Waals surface area (Å²) in [6.45, 7) is 11.3. The zero-order valence-electron chi connectivity index (χ0n) is 53.9. The van der Waals surface area contributed by atoms with E-state index in [2.05, 4.69) is 88.9 Å². The molecule has 2 saturated heterocycles. The molecule has 0 saturated carbocycles. The predicted molar refractivity (Wildman–Crippen MR) is 371 cm³/mol. The normalized spacial score (nSPS) is 13.9. The van der Waals surface area contributed by atoms with Crippen LogP contribution in [0, 0.1) is 0 Å². The minimum Gasteiger partial charge on any atom is -0.494 e. The minimum absolute atomic E-state index is 0.0936. The maximum atomic E-state index is 13.1. The molecule has 0 radical (unpaired) electrons. The first-order valence-electron chi connectivity index (χ1n) is 32.9. The average molecular weight is 1310 g/mol. The number of hydrogen-bond donors (Lipinski definition) is 0. The second-order valence-corrected chi connectivity index (χ2v) is 26.2. The number of unbranched alkanes of at least 4 members (excludes halogenated alkanes) is 4. The van der Waals surface area contributed by atoms with E-state index in [1.165, 1.54) is 52.8 Å². The Hall–Kier alpha value is -8.70. The molecule has 2 aliphatic rings. The van der Waals surface area contributed by atoms with Crippen molar-refractivity contribution in [3.63, 3.8) is 0 Å². The first kappa shape index (κ1) is 66.7. The number of carbonyl (C=O) groups is 4. The fourth-order valence-electron chi connectivity index (χ4n) is 12.3. The fraction of sp³-hybridized carbons (Fsp3) is 0.417. The molecule has 0 N–H and O–H groups in total. The number of thiophene rings is 2. The predicted octanol–water partition coefficient (Wildman–Crippen LogP) is 10.9. The zero-order chi connectivity index (χ0) is 65.2. The first-order valence-corrected chi connectivity index (χ1v) is 34.6. The van der Waals surface area contributed by atoms with E-state index < -0.39 is 11.9 Å². The quantitative estimate of drug-likeness (QED) is 0.0285. The molecule has 7 heterocycles. The Morgan fingerprint density at radius 3 is 1.32 bits per heavy atom. The third kappa shape index (κ3) is 17.9. The number of fused-ring (bicyclic) bond motifs is 4. The number of benzene rings is 4. The van der Waals surface area contributed by atoms with E-state index in [1.54, 1.807) is 71.1 Å². The minimum atomic E-state index is -0.463. The number of hydrogen-bond acceptors (Lipinski definition) is 18. The van der Waals surface area contributed by atoms with Crippen LogP contribution in [-0.2, 0) is 55.2 Å². The topological polar surface area (TPSA) is 194 Å². The van der Waals surface area contributed by atoms with Crippen LogP contribution in [0.3, 0.4) is 0 Å². The maximum Gasteiger partial charge on any atom is 0.307 e. The molecular formula is C72H84N10O10S2. The third-order valence-electron chi connectivity index (χ3n) is 17.7. The molecule has 22 heteroatoms. The molecule has 94 heavy (non-hydrogen) atoms. The smallest absolute Gasteiger partial charge is 0.307 e. The summed E-state index contributed by atoms with van der Waals surface area (Å²) in [6.07, 6.45) is 9.42. The van der Waals surface area contributed by atoms with Gasteiger partial charge in [0.15, 0.2) is 13.5 Å². The van der Waals surface area contributed by atoms with Gasteiger partial charge in [0.2, 0.25) is 11.8 Å². The number of piperazine rings is 2. The summed E-state index contributed by atoms with van der Waals surface area (Å²) in [5.41, 5.74) is 4.46. The molecule has 5 aromatic heterocycles. The Kier molecular flexibility index (Phi) is 23.4. The number of pyridine rings is 2. The van der Waals surface area contributed by atoms with E-state index in [0.29, 0.717) is 72.8 Å². The largest absolute Gasteiger partial charge is 0.494 e. The Balaban J connectivity index is 0.521. The maximum absolute atomic E-state index is 13.1. The molecule has 4 aromatic carbocycles. The van der Waals surface area contributed by atoms with Crippen molar-refractivity contribution in [3.05, 3.63) is 164 Å². The molecule has 2 fully saturated rings. The van der Waals surface area contributed by atoms with Gasteiger partial charge in [0.1, 0.15) is 11.5 Å². The molecule has 0 unspecified atom stereocenters. The van der Waals surface area contributed by atoms with Crippen LogP contribution >= 0.6 is 22.7 Å². The summed E-state index contributed by atoms with van der Waals surface area (Å²) < 4.78 is 28.9. The van der Waals surface area contributed by atoms with E-state index in [4.69, 9.17) is 18.9 Å². The number of ether oxygens (including phenoxy) is 4. The standard InChI is InChI=1S/C72H84N10O10S2/c1-75(67(83)17-3-5-19-71(87)91-51-81-63-45-57(25-21-53(63)23-27-69(81)85)89-41-9-7-31-77-33-37-79(38-34-77)61-13-11-15-65-59(61)29-43-93-65)49-55-47-74-56(48-73-55)50-76(2)68(84)18-4-6-20-72(88)92-52-82-64-46-58(26-22-54(64)24-28-70(82)86)90-42-10-8-32-78-35-39-80(40-36-78)62-14-12-16-66-60(62)30-44-94-66/h11-16,21-30,43-48H,3-10,17-20,31-42,49-52H2,1-2H3. The number of aromatic nitrogens is 4. The SMILES string of the molecule is CN(Cc1cnc(CN(C)C(=O)CCCCC(=O)OCn2c(=O)ccc3ccc(OCCCCN4CCN(c5cccc6sccc56)CC4)cc32)cn1)C(=O)CCCCC(=O)OCn1c(=O)ccc2ccc(OCCCCN3CCN(c4cccc5sccc45)CC3)cc21. The highest BCUT2D eigenvalue weighted by Gasteiger charge is 2.22. The second kappa shape index (κ2) is 32.9. The van der Waals surface area contributed by atoms with Gasteiger partial charge in [0.25, 0.3) is 11.1 Å². The summed E-state index contributed by atoms with van der Waals surface area (Å²) in [5, 5.41) is 8.65. The van der Waals surface area contributed by atoms with Gasteiger partial charge < -0.3 is 38.5 Å². The van der Waals surface area contributed by atoms with Gasteiger partial charge >= 0.3 is 11.9 Å². The van der Waals surface area contributed by atoms with Crippen LogP contribution in [0.2, 0.25) is 0 Å². The van der Waals surface area contributed by atoms with Crippen molar-refractivity contribution < 1.29 is 38.1 Å². The summed E-state index contributed by atoms with van der Waals surface area (Å²) in [4.78, 5) is 100.0. The molecule has 2 amide bonds. The van der Waals surface area contributed by atoms with Crippen LogP contribution in [0.1, 0.15) is 88.4 Å². The number of nitrogens with zero attached hydrogens (tertiary/aromatic N) is 10. The fourth-order valence-corrected chi connectivity index (χ4v) is 13.9. The molecule has 9 aromatic rings. The van der Waals surface area contributed by atoms with Crippen molar-refractivity contribution in [1.29, 1.82) is 0 Å².